The molecule has 2 rings (SSSR count). The van der Waals surface area contributed by atoms with Crippen molar-refractivity contribution in [2.24, 2.45) is 0 Å². The molecule has 0 atom stereocenters. The third-order valence-corrected chi connectivity index (χ3v) is 4.97. The van der Waals surface area contributed by atoms with Gasteiger partial charge in [-0.15, -0.1) is 6.58 Å². The van der Waals surface area contributed by atoms with Gasteiger partial charge < -0.3 is 10.6 Å². The first kappa shape index (κ1) is 18.5. The van der Waals surface area contributed by atoms with E-state index in [4.69, 9.17) is 0 Å². The van der Waals surface area contributed by atoms with Crippen molar-refractivity contribution < 1.29 is 13.2 Å². The first-order valence-electron chi connectivity index (χ1n) is 7.68. The van der Waals surface area contributed by atoms with Crippen LogP contribution in [0.4, 0.5) is 16.2 Å². The normalized spacial score (nSPS) is 10.8. The second kappa shape index (κ2) is 7.85. The Balaban J connectivity index is 2.08. The smallest absolute Gasteiger partial charge is 0.319 e. The van der Waals surface area contributed by atoms with Crippen molar-refractivity contribution in [3.8, 4) is 0 Å². The molecule has 0 aliphatic heterocycles. The van der Waals surface area contributed by atoms with E-state index in [2.05, 4.69) is 21.9 Å². The number of aryl methyl sites for hydroxylation is 2. The summed E-state index contributed by atoms with van der Waals surface area (Å²) in [4.78, 5) is 11.8. The molecule has 0 spiro atoms. The van der Waals surface area contributed by atoms with Gasteiger partial charge in [0.1, 0.15) is 0 Å². The number of anilines is 2. The van der Waals surface area contributed by atoms with Crippen LogP contribution in [-0.4, -0.2) is 21.0 Å². The molecular weight excluding hydrogens is 338 g/mol. The van der Waals surface area contributed by atoms with Gasteiger partial charge in [0.2, 0.25) is 0 Å². The van der Waals surface area contributed by atoms with E-state index in [-0.39, 0.29) is 10.9 Å². The number of nitrogens with one attached hydrogen (secondary N) is 3. The number of urea groups is 1. The molecule has 132 valence electrons. The van der Waals surface area contributed by atoms with E-state index in [1.165, 1.54) is 0 Å². The number of hydrogen-bond donors (Lipinski definition) is 3. The summed E-state index contributed by atoms with van der Waals surface area (Å²) in [6, 6.07) is 11.0. The van der Waals surface area contributed by atoms with Gasteiger partial charge in [-0.3, -0.25) is 4.72 Å². The molecule has 0 unspecified atom stereocenters. The molecule has 2 amide bonds. The van der Waals surface area contributed by atoms with Crippen molar-refractivity contribution in [1.29, 1.82) is 0 Å². The van der Waals surface area contributed by atoms with E-state index in [1.807, 2.05) is 13.8 Å². The number of sulfonamides is 1. The Labute approximate surface area is 148 Å². The second-order valence-electron chi connectivity index (χ2n) is 5.55. The lowest BCUT2D eigenvalue weighted by atomic mass is 10.1. The van der Waals surface area contributed by atoms with Crippen molar-refractivity contribution in [3.63, 3.8) is 0 Å². The van der Waals surface area contributed by atoms with Crippen molar-refractivity contribution in [2.75, 3.05) is 16.6 Å². The fourth-order valence-electron chi connectivity index (χ4n) is 2.06. The molecule has 0 bridgehead atoms. The van der Waals surface area contributed by atoms with Gasteiger partial charge in [0.05, 0.1) is 4.90 Å². The van der Waals surface area contributed by atoms with Gasteiger partial charge in [0.25, 0.3) is 10.0 Å². The van der Waals surface area contributed by atoms with Gasteiger partial charge in [-0.05, 0) is 61.4 Å². The van der Waals surface area contributed by atoms with Crippen molar-refractivity contribution in [3.05, 3.63) is 66.2 Å². The average Bonchev–Trinajstić information content (AvgIpc) is 2.57. The van der Waals surface area contributed by atoms with E-state index in [9.17, 15) is 13.2 Å². The topological polar surface area (TPSA) is 87.3 Å². The molecule has 0 aliphatic carbocycles. The Kier molecular flexibility index (Phi) is 5.82. The average molecular weight is 359 g/mol. The Bertz CT molecular complexity index is 875. The Morgan fingerprint density at radius 3 is 2.28 bits per heavy atom. The quantitative estimate of drug-likeness (QED) is 0.691. The zero-order valence-corrected chi connectivity index (χ0v) is 15.0. The highest BCUT2D eigenvalue weighted by Crippen LogP contribution is 2.20. The number of rotatable bonds is 6. The molecule has 0 aliphatic rings. The Morgan fingerprint density at radius 2 is 1.68 bits per heavy atom. The largest absolute Gasteiger partial charge is 0.334 e. The highest BCUT2D eigenvalue weighted by Gasteiger charge is 2.14. The molecule has 0 heterocycles. The standard InChI is InChI=1S/C18H21N3O3S/c1-4-11-19-18(22)20-15-6-8-16(9-7-15)21-25(23,24)17-10-5-13(2)14(3)12-17/h4-10,12,21H,1,11H2,2-3H3,(H2,19,20,22). The first-order chi connectivity index (χ1) is 11.8. The molecule has 25 heavy (non-hydrogen) atoms. The summed E-state index contributed by atoms with van der Waals surface area (Å²) >= 11 is 0. The minimum atomic E-state index is -3.66. The predicted octanol–water partition coefficient (Wildman–Crippen LogP) is 3.41. The third-order valence-electron chi connectivity index (χ3n) is 3.59. The lowest BCUT2D eigenvalue weighted by molar-refractivity contribution is 0.253. The van der Waals surface area contributed by atoms with Gasteiger partial charge in [0, 0.05) is 17.9 Å². The molecule has 0 aromatic heterocycles. The molecule has 2 aromatic carbocycles. The molecule has 6 nitrogen and oxygen atoms in total. The summed E-state index contributed by atoms with van der Waals surface area (Å²) in [5.41, 5.74) is 2.91. The first-order valence-corrected chi connectivity index (χ1v) is 9.16. The van der Waals surface area contributed by atoms with Crippen LogP contribution in [0.1, 0.15) is 11.1 Å². The summed E-state index contributed by atoms with van der Waals surface area (Å²) in [7, 11) is -3.66. The molecule has 0 saturated heterocycles. The van der Waals surface area contributed by atoms with Crippen LogP contribution in [0.25, 0.3) is 0 Å². The van der Waals surface area contributed by atoms with Gasteiger partial charge >= 0.3 is 6.03 Å². The number of carbonyl (C=O) groups excluding carboxylic acids is 1. The zero-order valence-electron chi connectivity index (χ0n) is 14.2. The summed E-state index contributed by atoms with van der Waals surface area (Å²) in [6.45, 7) is 7.67. The summed E-state index contributed by atoms with van der Waals surface area (Å²) in [6.07, 6.45) is 1.57. The van der Waals surface area contributed by atoms with Crippen LogP contribution < -0.4 is 15.4 Å². The van der Waals surface area contributed by atoms with Crippen LogP contribution in [-0.2, 0) is 10.0 Å². The fourth-order valence-corrected chi connectivity index (χ4v) is 3.20. The second-order valence-corrected chi connectivity index (χ2v) is 7.24. The van der Waals surface area contributed by atoms with Gasteiger partial charge in [-0.1, -0.05) is 12.1 Å². The summed E-state index contributed by atoms with van der Waals surface area (Å²) < 4.78 is 27.4. The number of benzene rings is 2. The lowest BCUT2D eigenvalue weighted by Gasteiger charge is -2.11. The number of hydrogen-bond acceptors (Lipinski definition) is 3. The molecule has 3 N–H and O–H groups in total. The highest BCUT2D eigenvalue weighted by atomic mass is 32.2. The zero-order chi connectivity index (χ0) is 18.4. The Hall–Kier alpha value is -2.80. The van der Waals surface area contributed by atoms with Crippen LogP contribution in [0.3, 0.4) is 0 Å². The van der Waals surface area contributed by atoms with Crippen LogP contribution in [0.15, 0.2) is 60.0 Å². The van der Waals surface area contributed by atoms with Crippen molar-refractivity contribution >= 4 is 27.4 Å². The Morgan fingerprint density at radius 1 is 1.04 bits per heavy atom. The molecule has 0 radical (unpaired) electrons. The molecule has 7 heteroatoms. The van der Waals surface area contributed by atoms with E-state index in [0.717, 1.165) is 11.1 Å². The van der Waals surface area contributed by atoms with Crippen LogP contribution in [0, 0.1) is 13.8 Å². The molecular formula is C18H21N3O3S. The third kappa shape index (κ3) is 5.09. The van der Waals surface area contributed by atoms with Gasteiger partial charge in [-0.2, -0.15) is 0 Å². The lowest BCUT2D eigenvalue weighted by Crippen LogP contribution is -2.28. The SMILES string of the molecule is C=CCNC(=O)Nc1ccc(NS(=O)(=O)c2ccc(C)c(C)c2)cc1. The van der Waals surface area contributed by atoms with Crippen molar-refractivity contribution in [1.82, 2.24) is 5.32 Å². The minimum absolute atomic E-state index is 0.210. The fraction of sp³-hybridized carbons (Fsp3) is 0.167. The van der Waals surface area contributed by atoms with Crippen LogP contribution >= 0.6 is 0 Å². The monoisotopic (exact) mass is 359 g/mol. The van der Waals surface area contributed by atoms with Gasteiger partial charge in [0.15, 0.2) is 0 Å². The van der Waals surface area contributed by atoms with Gasteiger partial charge in [-0.25, -0.2) is 13.2 Å². The maximum Gasteiger partial charge on any atom is 0.319 e. The number of carbonyl (C=O) groups is 1. The number of amides is 2. The highest BCUT2D eigenvalue weighted by molar-refractivity contribution is 7.92. The maximum atomic E-state index is 12.4. The van der Waals surface area contributed by atoms with E-state index in [1.54, 1.807) is 48.5 Å². The minimum Gasteiger partial charge on any atom is -0.334 e. The summed E-state index contributed by atoms with van der Waals surface area (Å²) in [5, 5.41) is 5.22. The molecule has 0 fully saturated rings. The summed E-state index contributed by atoms with van der Waals surface area (Å²) in [5.74, 6) is 0. The predicted molar refractivity (Wildman–Crippen MR) is 100 cm³/mol. The van der Waals surface area contributed by atoms with E-state index < -0.39 is 10.0 Å². The molecule has 2 aromatic rings. The van der Waals surface area contributed by atoms with E-state index >= 15 is 0 Å². The van der Waals surface area contributed by atoms with Crippen molar-refractivity contribution in [2.45, 2.75) is 18.7 Å². The van der Waals surface area contributed by atoms with Crippen LogP contribution in [0.5, 0.6) is 0 Å². The van der Waals surface area contributed by atoms with E-state index in [0.29, 0.717) is 17.9 Å². The molecule has 0 saturated carbocycles. The maximum absolute atomic E-state index is 12.4. The van der Waals surface area contributed by atoms with Crippen LogP contribution in [0.2, 0.25) is 0 Å².